The minimum atomic E-state index is 0.00924. The number of hydrogen-bond acceptors (Lipinski definition) is 2. The Bertz CT molecular complexity index is 599. The van der Waals surface area contributed by atoms with E-state index in [0.29, 0.717) is 12.3 Å². The molecule has 2 aromatic rings. The van der Waals surface area contributed by atoms with E-state index >= 15 is 0 Å². The van der Waals surface area contributed by atoms with Crippen molar-refractivity contribution in [3.05, 3.63) is 42.5 Å². The van der Waals surface area contributed by atoms with Gasteiger partial charge in [-0.1, -0.05) is 36.4 Å². The fraction of sp³-hybridized carbons (Fsp3) is 0.312. The molecule has 1 aliphatic carbocycles. The highest BCUT2D eigenvalue weighted by Gasteiger charge is 2.29. The van der Waals surface area contributed by atoms with E-state index in [9.17, 15) is 4.79 Å². The molecule has 1 aliphatic rings. The second kappa shape index (κ2) is 5.02. The number of carbonyl (C=O) groups excluding carboxylic acids is 1. The summed E-state index contributed by atoms with van der Waals surface area (Å²) in [4.78, 5) is 12.0. The molecule has 0 bridgehead atoms. The SMILES string of the molecule is NC(CC(=O)Nc1cccc2ccccc12)C1CC1. The molecule has 0 aliphatic heterocycles. The van der Waals surface area contributed by atoms with Crippen molar-refractivity contribution in [3.63, 3.8) is 0 Å². The summed E-state index contributed by atoms with van der Waals surface area (Å²) in [6, 6.07) is 14.0. The number of fused-ring (bicyclic) bond motifs is 1. The highest BCUT2D eigenvalue weighted by Crippen LogP contribution is 2.33. The maximum atomic E-state index is 12.0. The van der Waals surface area contributed by atoms with Crippen LogP contribution < -0.4 is 11.1 Å². The lowest BCUT2D eigenvalue weighted by molar-refractivity contribution is -0.116. The molecular weight excluding hydrogens is 236 g/mol. The Labute approximate surface area is 112 Å². The van der Waals surface area contributed by atoms with Gasteiger partial charge in [0.15, 0.2) is 0 Å². The van der Waals surface area contributed by atoms with Crippen LogP contribution in [0.4, 0.5) is 5.69 Å². The Balaban J connectivity index is 1.75. The van der Waals surface area contributed by atoms with E-state index in [1.165, 1.54) is 12.8 Å². The predicted molar refractivity (Wildman–Crippen MR) is 77.9 cm³/mol. The first kappa shape index (κ1) is 12.2. The summed E-state index contributed by atoms with van der Waals surface area (Å²) in [7, 11) is 0. The molecule has 1 saturated carbocycles. The summed E-state index contributed by atoms with van der Waals surface area (Å²) in [5.74, 6) is 0.564. The molecule has 0 radical (unpaired) electrons. The summed E-state index contributed by atoms with van der Waals surface area (Å²) < 4.78 is 0. The topological polar surface area (TPSA) is 55.1 Å². The van der Waals surface area contributed by atoms with Gasteiger partial charge >= 0.3 is 0 Å². The van der Waals surface area contributed by atoms with E-state index in [1.54, 1.807) is 0 Å². The zero-order valence-corrected chi connectivity index (χ0v) is 10.8. The zero-order valence-electron chi connectivity index (χ0n) is 10.8. The van der Waals surface area contributed by atoms with Crippen LogP contribution in [0.1, 0.15) is 19.3 Å². The van der Waals surface area contributed by atoms with Crippen molar-refractivity contribution in [2.45, 2.75) is 25.3 Å². The van der Waals surface area contributed by atoms with Crippen molar-refractivity contribution in [1.82, 2.24) is 0 Å². The van der Waals surface area contributed by atoms with Crippen LogP contribution in [0.3, 0.4) is 0 Å². The van der Waals surface area contributed by atoms with Crippen LogP contribution >= 0.6 is 0 Å². The summed E-state index contributed by atoms with van der Waals surface area (Å²) in [6.07, 6.45) is 2.75. The standard InChI is InChI=1S/C16H18N2O/c17-14(12-8-9-12)10-16(19)18-15-7-3-5-11-4-1-2-6-13(11)15/h1-7,12,14H,8-10,17H2,(H,18,19). The van der Waals surface area contributed by atoms with Gasteiger partial charge in [-0.15, -0.1) is 0 Å². The molecule has 1 unspecified atom stereocenters. The van der Waals surface area contributed by atoms with Crippen molar-refractivity contribution in [1.29, 1.82) is 0 Å². The van der Waals surface area contributed by atoms with Crippen LogP contribution in [0.5, 0.6) is 0 Å². The molecular formula is C16H18N2O. The van der Waals surface area contributed by atoms with Crippen molar-refractivity contribution in [2.75, 3.05) is 5.32 Å². The lowest BCUT2D eigenvalue weighted by Crippen LogP contribution is -2.28. The van der Waals surface area contributed by atoms with E-state index < -0.39 is 0 Å². The van der Waals surface area contributed by atoms with Crippen molar-refractivity contribution in [2.24, 2.45) is 11.7 Å². The lowest BCUT2D eigenvalue weighted by atomic mass is 10.1. The first-order valence-electron chi connectivity index (χ1n) is 6.77. The monoisotopic (exact) mass is 254 g/mol. The van der Waals surface area contributed by atoms with Crippen LogP contribution in [-0.2, 0) is 4.79 Å². The molecule has 0 spiro atoms. The molecule has 1 atom stereocenters. The van der Waals surface area contributed by atoms with Gasteiger partial charge in [0.25, 0.3) is 0 Å². The van der Waals surface area contributed by atoms with Crippen molar-refractivity contribution in [3.8, 4) is 0 Å². The first-order chi connectivity index (χ1) is 9.24. The number of nitrogens with two attached hydrogens (primary N) is 1. The fourth-order valence-corrected chi connectivity index (χ4v) is 2.44. The molecule has 3 N–H and O–H groups in total. The van der Waals surface area contributed by atoms with Gasteiger partial charge in [0.2, 0.25) is 5.91 Å². The Morgan fingerprint density at radius 2 is 1.95 bits per heavy atom. The summed E-state index contributed by atoms with van der Waals surface area (Å²) in [6.45, 7) is 0. The van der Waals surface area contributed by atoms with Crippen LogP contribution in [0.2, 0.25) is 0 Å². The average Bonchev–Trinajstić information content (AvgIpc) is 3.23. The highest BCUT2D eigenvalue weighted by atomic mass is 16.1. The normalized spacial score (nSPS) is 16.3. The minimum Gasteiger partial charge on any atom is -0.327 e. The molecule has 3 rings (SSSR count). The number of amides is 1. The van der Waals surface area contributed by atoms with E-state index in [2.05, 4.69) is 5.32 Å². The minimum absolute atomic E-state index is 0.00924. The number of rotatable bonds is 4. The molecule has 1 amide bonds. The highest BCUT2D eigenvalue weighted by molar-refractivity contribution is 6.02. The molecule has 98 valence electrons. The smallest absolute Gasteiger partial charge is 0.225 e. The van der Waals surface area contributed by atoms with Crippen LogP contribution in [0.25, 0.3) is 10.8 Å². The molecule has 0 saturated heterocycles. The Morgan fingerprint density at radius 3 is 2.74 bits per heavy atom. The van der Waals surface area contributed by atoms with Crippen LogP contribution in [-0.4, -0.2) is 11.9 Å². The van der Waals surface area contributed by atoms with Gasteiger partial charge in [0, 0.05) is 23.5 Å². The second-order valence-corrected chi connectivity index (χ2v) is 5.28. The van der Waals surface area contributed by atoms with Crippen LogP contribution in [0.15, 0.2) is 42.5 Å². The largest absolute Gasteiger partial charge is 0.327 e. The van der Waals surface area contributed by atoms with Gasteiger partial charge in [0.05, 0.1) is 0 Å². The van der Waals surface area contributed by atoms with Crippen LogP contribution in [0, 0.1) is 5.92 Å². The Morgan fingerprint density at radius 1 is 1.21 bits per heavy atom. The quantitative estimate of drug-likeness (QED) is 0.881. The first-order valence-corrected chi connectivity index (χ1v) is 6.77. The molecule has 3 heteroatoms. The molecule has 0 heterocycles. The Kier molecular flexibility index (Phi) is 3.22. The van der Waals surface area contributed by atoms with Gasteiger partial charge in [0.1, 0.15) is 0 Å². The molecule has 1 fully saturated rings. The van der Waals surface area contributed by atoms with Gasteiger partial charge in [-0.3, -0.25) is 4.79 Å². The number of carbonyl (C=O) groups is 1. The second-order valence-electron chi connectivity index (χ2n) is 5.28. The molecule has 0 aromatic heterocycles. The third kappa shape index (κ3) is 2.76. The van der Waals surface area contributed by atoms with E-state index in [4.69, 9.17) is 5.73 Å². The fourth-order valence-electron chi connectivity index (χ4n) is 2.44. The van der Waals surface area contributed by atoms with Gasteiger partial charge < -0.3 is 11.1 Å². The van der Waals surface area contributed by atoms with E-state index in [-0.39, 0.29) is 11.9 Å². The van der Waals surface area contributed by atoms with Gasteiger partial charge in [-0.05, 0) is 30.2 Å². The molecule has 19 heavy (non-hydrogen) atoms. The number of nitrogens with one attached hydrogen (secondary N) is 1. The maximum Gasteiger partial charge on any atom is 0.225 e. The molecule has 3 nitrogen and oxygen atoms in total. The number of hydrogen-bond donors (Lipinski definition) is 2. The summed E-state index contributed by atoms with van der Waals surface area (Å²) >= 11 is 0. The zero-order chi connectivity index (χ0) is 13.2. The lowest BCUT2D eigenvalue weighted by Gasteiger charge is -2.12. The van der Waals surface area contributed by atoms with Crippen molar-refractivity contribution >= 4 is 22.4 Å². The van der Waals surface area contributed by atoms with Gasteiger partial charge in [-0.2, -0.15) is 0 Å². The van der Waals surface area contributed by atoms with Gasteiger partial charge in [-0.25, -0.2) is 0 Å². The third-order valence-electron chi connectivity index (χ3n) is 3.71. The van der Waals surface area contributed by atoms with E-state index in [1.807, 2.05) is 42.5 Å². The number of benzene rings is 2. The third-order valence-corrected chi connectivity index (χ3v) is 3.71. The average molecular weight is 254 g/mol. The summed E-state index contributed by atoms with van der Waals surface area (Å²) in [5.41, 5.74) is 6.85. The Hall–Kier alpha value is -1.87. The predicted octanol–water partition coefficient (Wildman–Crippen LogP) is 2.91. The number of anilines is 1. The summed E-state index contributed by atoms with van der Waals surface area (Å²) in [5, 5.41) is 5.18. The maximum absolute atomic E-state index is 12.0. The van der Waals surface area contributed by atoms with Crippen molar-refractivity contribution < 1.29 is 4.79 Å². The van der Waals surface area contributed by atoms with E-state index in [0.717, 1.165) is 16.5 Å². The molecule has 2 aromatic carbocycles.